The number of carbonyl (C=O) groups is 1. The molecule has 2 rings (SSSR count). The number of hydrogen-bond acceptors (Lipinski definition) is 4. The van der Waals surface area contributed by atoms with Gasteiger partial charge in [-0.25, -0.2) is 4.79 Å². The molecule has 0 fully saturated rings. The Balaban J connectivity index is 1.90. The van der Waals surface area contributed by atoms with Gasteiger partial charge in [-0.1, -0.05) is 12.1 Å². The molecule has 22 heavy (non-hydrogen) atoms. The number of hydrogen-bond donors (Lipinski definition) is 2. The maximum absolute atomic E-state index is 12.0. The van der Waals surface area contributed by atoms with Crippen molar-refractivity contribution in [1.29, 1.82) is 5.26 Å². The van der Waals surface area contributed by atoms with Crippen molar-refractivity contribution in [2.45, 2.75) is 12.6 Å². The van der Waals surface area contributed by atoms with Crippen LogP contribution in [0.3, 0.4) is 0 Å². The largest absolute Gasteiger partial charge is 0.467 e. The summed E-state index contributed by atoms with van der Waals surface area (Å²) in [5, 5.41) is 14.4. The third kappa shape index (κ3) is 4.36. The minimum absolute atomic E-state index is 0.310. The van der Waals surface area contributed by atoms with E-state index in [1.54, 1.807) is 43.7 Å². The molecule has 0 radical (unpaired) electrons. The lowest BCUT2D eigenvalue weighted by molar-refractivity contribution is 0.157. The highest BCUT2D eigenvalue weighted by molar-refractivity contribution is 5.74. The van der Waals surface area contributed by atoms with Gasteiger partial charge in [-0.3, -0.25) is 0 Å². The lowest BCUT2D eigenvalue weighted by Gasteiger charge is -2.16. The van der Waals surface area contributed by atoms with Crippen LogP contribution in [-0.4, -0.2) is 19.7 Å². The van der Waals surface area contributed by atoms with Gasteiger partial charge in [0.15, 0.2) is 0 Å². The molecule has 1 aromatic carbocycles. The number of rotatable bonds is 6. The highest BCUT2D eigenvalue weighted by Crippen LogP contribution is 2.13. The van der Waals surface area contributed by atoms with Gasteiger partial charge in [-0.05, 0) is 29.8 Å². The summed E-state index contributed by atoms with van der Waals surface area (Å²) >= 11 is 0. The molecule has 1 atom stereocenters. The van der Waals surface area contributed by atoms with Crippen LogP contribution in [0.25, 0.3) is 0 Å². The van der Waals surface area contributed by atoms with Crippen LogP contribution in [0.2, 0.25) is 0 Å². The Hall–Kier alpha value is -2.78. The zero-order chi connectivity index (χ0) is 15.8. The van der Waals surface area contributed by atoms with Gasteiger partial charge >= 0.3 is 6.03 Å². The number of nitrogens with one attached hydrogen (secondary N) is 2. The number of amides is 2. The number of nitriles is 1. The molecule has 6 nitrogen and oxygen atoms in total. The quantitative estimate of drug-likeness (QED) is 0.857. The van der Waals surface area contributed by atoms with E-state index in [1.165, 1.54) is 0 Å². The monoisotopic (exact) mass is 299 g/mol. The van der Waals surface area contributed by atoms with Gasteiger partial charge in [0, 0.05) is 13.7 Å². The fourth-order valence-electron chi connectivity index (χ4n) is 1.99. The summed E-state index contributed by atoms with van der Waals surface area (Å²) in [4.78, 5) is 12.0. The third-order valence-corrected chi connectivity index (χ3v) is 3.03. The van der Waals surface area contributed by atoms with Crippen LogP contribution in [0.5, 0.6) is 0 Å². The van der Waals surface area contributed by atoms with Crippen molar-refractivity contribution >= 4 is 6.03 Å². The second kappa shape index (κ2) is 7.86. The summed E-state index contributed by atoms with van der Waals surface area (Å²) < 4.78 is 10.4. The molecular formula is C16H17N3O3. The minimum Gasteiger partial charge on any atom is -0.467 e. The van der Waals surface area contributed by atoms with E-state index in [2.05, 4.69) is 16.7 Å². The number of furan rings is 1. The van der Waals surface area contributed by atoms with Gasteiger partial charge in [0.25, 0.3) is 0 Å². The summed E-state index contributed by atoms with van der Waals surface area (Å²) in [6.07, 6.45) is 1.55. The van der Waals surface area contributed by atoms with Crippen molar-refractivity contribution in [1.82, 2.24) is 10.6 Å². The van der Waals surface area contributed by atoms with Crippen molar-refractivity contribution in [3.8, 4) is 6.07 Å². The third-order valence-electron chi connectivity index (χ3n) is 3.03. The Labute approximate surface area is 128 Å². The molecule has 0 aliphatic carbocycles. The van der Waals surface area contributed by atoms with Crippen LogP contribution in [0.4, 0.5) is 4.79 Å². The van der Waals surface area contributed by atoms with Gasteiger partial charge in [0.1, 0.15) is 11.8 Å². The Morgan fingerprint density at radius 1 is 1.41 bits per heavy atom. The van der Waals surface area contributed by atoms with E-state index in [-0.39, 0.29) is 12.1 Å². The van der Waals surface area contributed by atoms with Crippen LogP contribution in [0.15, 0.2) is 47.1 Å². The molecule has 0 aliphatic rings. The normalized spacial score (nSPS) is 11.5. The standard InChI is InChI=1S/C16H17N3O3/c1-21-11-14(15-6-3-7-22-15)19-16(20)18-10-13-5-2-4-12(8-13)9-17/h2-8,14H,10-11H2,1H3,(H2,18,19,20)/t14-/m1/s1. The van der Waals surface area contributed by atoms with E-state index in [4.69, 9.17) is 14.4 Å². The first-order valence-electron chi connectivity index (χ1n) is 6.78. The summed E-state index contributed by atoms with van der Waals surface area (Å²) in [6, 6.07) is 12.0. The average molecular weight is 299 g/mol. The maximum Gasteiger partial charge on any atom is 0.315 e. The number of nitrogens with zero attached hydrogens (tertiary/aromatic N) is 1. The van der Waals surface area contributed by atoms with Gasteiger partial charge < -0.3 is 19.8 Å². The van der Waals surface area contributed by atoms with Crippen LogP contribution < -0.4 is 10.6 Å². The fourth-order valence-corrected chi connectivity index (χ4v) is 1.99. The zero-order valence-corrected chi connectivity index (χ0v) is 12.2. The predicted octanol–water partition coefficient (Wildman–Crippen LogP) is 2.34. The lowest BCUT2D eigenvalue weighted by atomic mass is 10.1. The average Bonchev–Trinajstić information content (AvgIpc) is 3.07. The van der Waals surface area contributed by atoms with E-state index in [1.807, 2.05) is 6.07 Å². The first kappa shape index (κ1) is 15.6. The van der Waals surface area contributed by atoms with Crippen molar-refractivity contribution in [3.63, 3.8) is 0 Å². The Morgan fingerprint density at radius 3 is 2.95 bits per heavy atom. The first-order chi connectivity index (χ1) is 10.7. The van der Waals surface area contributed by atoms with Crippen molar-refractivity contribution in [2.24, 2.45) is 0 Å². The van der Waals surface area contributed by atoms with Crippen LogP contribution >= 0.6 is 0 Å². The summed E-state index contributed by atoms with van der Waals surface area (Å²) in [7, 11) is 1.56. The molecule has 0 spiro atoms. The maximum atomic E-state index is 12.0. The van der Waals surface area contributed by atoms with Gasteiger partial charge in [0.2, 0.25) is 0 Å². The summed E-state index contributed by atoms with van der Waals surface area (Å²) in [6.45, 7) is 0.643. The highest BCUT2D eigenvalue weighted by Gasteiger charge is 2.16. The SMILES string of the molecule is COC[C@@H](NC(=O)NCc1cccc(C#N)c1)c1ccco1. The molecule has 2 amide bonds. The predicted molar refractivity (Wildman–Crippen MR) is 79.9 cm³/mol. The molecule has 6 heteroatoms. The van der Waals surface area contributed by atoms with Crippen molar-refractivity contribution < 1.29 is 13.9 Å². The molecule has 0 saturated carbocycles. The van der Waals surface area contributed by atoms with Gasteiger partial charge in [0.05, 0.1) is 24.5 Å². The number of methoxy groups -OCH3 is 1. The number of urea groups is 1. The Morgan fingerprint density at radius 2 is 2.27 bits per heavy atom. The van der Waals surface area contributed by atoms with E-state index < -0.39 is 0 Å². The lowest BCUT2D eigenvalue weighted by Crippen LogP contribution is -2.39. The fraction of sp³-hybridized carbons (Fsp3) is 0.250. The number of benzene rings is 1. The zero-order valence-electron chi connectivity index (χ0n) is 12.2. The number of ether oxygens (including phenoxy) is 1. The van der Waals surface area contributed by atoms with Crippen LogP contribution in [-0.2, 0) is 11.3 Å². The highest BCUT2D eigenvalue weighted by atomic mass is 16.5. The Bertz CT molecular complexity index is 647. The topological polar surface area (TPSA) is 87.3 Å². The molecular weight excluding hydrogens is 282 g/mol. The number of carbonyl (C=O) groups excluding carboxylic acids is 1. The van der Waals surface area contributed by atoms with Gasteiger partial charge in [-0.2, -0.15) is 5.26 Å². The second-order valence-corrected chi connectivity index (χ2v) is 4.66. The molecule has 1 heterocycles. The van der Waals surface area contributed by atoms with E-state index in [9.17, 15) is 4.79 Å². The molecule has 0 bridgehead atoms. The van der Waals surface area contributed by atoms with Crippen molar-refractivity contribution in [2.75, 3.05) is 13.7 Å². The summed E-state index contributed by atoms with van der Waals surface area (Å²) in [5.41, 5.74) is 1.42. The van der Waals surface area contributed by atoms with E-state index in [0.29, 0.717) is 24.5 Å². The molecule has 114 valence electrons. The summed E-state index contributed by atoms with van der Waals surface area (Å²) in [5.74, 6) is 0.628. The molecule has 0 aliphatic heterocycles. The minimum atomic E-state index is -0.356. The molecule has 0 saturated heterocycles. The molecule has 1 aromatic heterocycles. The van der Waals surface area contributed by atoms with Crippen molar-refractivity contribution in [3.05, 3.63) is 59.5 Å². The second-order valence-electron chi connectivity index (χ2n) is 4.66. The smallest absolute Gasteiger partial charge is 0.315 e. The Kier molecular flexibility index (Phi) is 5.57. The molecule has 2 aromatic rings. The van der Waals surface area contributed by atoms with E-state index in [0.717, 1.165) is 5.56 Å². The first-order valence-corrected chi connectivity index (χ1v) is 6.78. The van der Waals surface area contributed by atoms with Gasteiger partial charge in [-0.15, -0.1) is 0 Å². The molecule has 0 unspecified atom stereocenters. The molecule has 2 N–H and O–H groups in total. The van der Waals surface area contributed by atoms with Crippen LogP contribution in [0, 0.1) is 11.3 Å². The van der Waals surface area contributed by atoms with Crippen LogP contribution in [0.1, 0.15) is 22.9 Å². The van der Waals surface area contributed by atoms with E-state index >= 15 is 0 Å².